The Bertz CT molecular complexity index is 359. The first kappa shape index (κ1) is 10.7. The highest BCUT2D eigenvalue weighted by atomic mass is 16.1. The standard InChI is InChI=1S/C11H16N2O/c1-7-4-10(12)5-9(6-13-3)11(7)8(2)14/h4-5,13H,6,12H2,1-3H3. The van der Waals surface area contributed by atoms with Crippen LogP contribution in [-0.2, 0) is 6.54 Å². The van der Waals surface area contributed by atoms with Crippen LogP contribution in [0.2, 0.25) is 0 Å². The molecule has 0 atom stereocenters. The zero-order chi connectivity index (χ0) is 10.7. The summed E-state index contributed by atoms with van der Waals surface area (Å²) in [5.41, 5.74) is 9.13. The topological polar surface area (TPSA) is 55.1 Å². The van der Waals surface area contributed by atoms with E-state index < -0.39 is 0 Å². The van der Waals surface area contributed by atoms with Crippen LogP contribution in [0.5, 0.6) is 0 Å². The van der Waals surface area contributed by atoms with Crippen LogP contribution in [0.4, 0.5) is 5.69 Å². The van der Waals surface area contributed by atoms with E-state index in [1.54, 1.807) is 6.92 Å². The SMILES string of the molecule is CNCc1cc(N)cc(C)c1C(C)=O. The molecule has 0 fully saturated rings. The third kappa shape index (κ3) is 2.12. The van der Waals surface area contributed by atoms with Gasteiger partial charge in [-0.15, -0.1) is 0 Å². The highest BCUT2D eigenvalue weighted by Gasteiger charge is 2.10. The van der Waals surface area contributed by atoms with Crippen molar-refractivity contribution in [3.05, 3.63) is 28.8 Å². The number of Topliss-reactive ketones (excluding diaryl/α,β-unsaturated/α-hetero) is 1. The minimum atomic E-state index is 0.0905. The van der Waals surface area contributed by atoms with Gasteiger partial charge in [0.2, 0.25) is 0 Å². The molecule has 1 rings (SSSR count). The van der Waals surface area contributed by atoms with Gasteiger partial charge in [0, 0.05) is 17.8 Å². The molecule has 0 heterocycles. The first-order valence-corrected chi connectivity index (χ1v) is 4.60. The van der Waals surface area contributed by atoms with Gasteiger partial charge in [-0.2, -0.15) is 0 Å². The minimum Gasteiger partial charge on any atom is -0.399 e. The van der Waals surface area contributed by atoms with E-state index in [9.17, 15) is 4.79 Å². The zero-order valence-electron chi connectivity index (χ0n) is 8.85. The molecule has 0 unspecified atom stereocenters. The smallest absolute Gasteiger partial charge is 0.160 e. The predicted octanol–water partition coefficient (Wildman–Crippen LogP) is 1.50. The molecule has 1 aromatic rings. The summed E-state index contributed by atoms with van der Waals surface area (Å²) in [5, 5.41) is 3.03. The molecule has 0 aromatic heterocycles. The van der Waals surface area contributed by atoms with Gasteiger partial charge in [0.1, 0.15) is 0 Å². The van der Waals surface area contributed by atoms with Gasteiger partial charge in [0.15, 0.2) is 5.78 Å². The zero-order valence-corrected chi connectivity index (χ0v) is 8.85. The summed E-state index contributed by atoms with van der Waals surface area (Å²) in [5.74, 6) is 0.0905. The lowest BCUT2D eigenvalue weighted by molar-refractivity contribution is 0.101. The molecular formula is C11H16N2O. The molecule has 0 saturated carbocycles. The van der Waals surface area contributed by atoms with E-state index in [-0.39, 0.29) is 5.78 Å². The Morgan fingerprint density at radius 3 is 2.64 bits per heavy atom. The second-order valence-corrected chi connectivity index (χ2v) is 3.46. The molecule has 3 nitrogen and oxygen atoms in total. The van der Waals surface area contributed by atoms with E-state index in [0.29, 0.717) is 12.2 Å². The summed E-state index contributed by atoms with van der Waals surface area (Å²) < 4.78 is 0. The van der Waals surface area contributed by atoms with Crippen molar-refractivity contribution in [1.29, 1.82) is 0 Å². The first-order chi connectivity index (χ1) is 6.56. The molecule has 76 valence electrons. The van der Waals surface area contributed by atoms with Crippen molar-refractivity contribution in [3.63, 3.8) is 0 Å². The molecule has 1 aromatic carbocycles. The molecule has 0 amide bonds. The van der Waals surface area contributed by atoms with Gasteiger partial charge in [-0.1, -0.05) is 0 Å². The van der Waals surface area contributed by atoms with E-state index in [2.05, 4.69) is 5.32 Å². The number of carbonyl (C=O) groups excluding carboxylic acids is 1. The van der Waals surface area contributed by atoms with Crippen molar-refractivity contribution in [1.82, 2.24) is 5.32 Å². The average molecular weight is 192 g/mol. The molecule has 3 heteroatoms. The fourth-order valence-corrected chi connectivity index (χ4v) is 1.72. The highest BCUT2D eigenvalue weighted by molar-refractivity contribution is 5.97. The number of aryl methyl sites for hydroxylation is 1. The molecule has 0 aliphatic carbocycles. The van der Waals surface area contributed by atoms with E-state index >= 15 is 0 Å². The molecule has 14 heavy (non-hydrogen) atoms. The Balaban J connectivity index is 3.28. The predicted molar refractivity (Wildman–Crippen MR) is 58.4 cm³/mol. The molecule has 0 radical (unpaired) electrons. The Hall–Kier alpha value is -1.35. The van der Waals surface area contributed by atoms with Crippen molar-refractivity contribution < 1.29 is 4.79 Å². The van der Waals surface area contributed by atoms with Crippen molar-refractivity contribution >= 4 is 11.5 Å². The average Bonchev–Trinajstić information content (AvgIpc) is 2.01. The fourth-order valence-electron chi connectivity index (χ4n) is 1.72. The normalized spacial score (nSPS) is 10.2. The van der Waals surface area contributed by atoms with Gasteiger partial charge in [-0.05, 0) is 44.2 Å². The van der Waals surface area contributed by atoms with Crippen molar-refractivity contribution in [2.75, 3.05) is 12.8 Å². The highest BCUT2D eigenvalue weighted by Crippen LogP contribution is 2.19. The maximum atomic E-state index is 11.4. The molecule has 0 aliphatic heterocycles. The maximum Gasteiger partial charge on any atom is 0.160 e. The molecule has 3 N–H and O–H groups in total. The third-order valence-corrected chi connectivity index (χ3v) is 2.16. The van der Waals surface area contributed by atoms with Crippen LogP contribution in [0.1, 0.15) is 28.4 Å². The van der Waals surface area contributed by atoms with Crippen molar-refractivity contribution in [3.8, 4) is 0 Å². The lowest BCUT2D eigenvalue weighted by Gasteiger charge is -2.10. The Morgan fingerprint density at radius 1 is 1.50 bits per heavy atom. The van der Waals surface area contributed by atoms with Crippen LogP contribution < -0.4 is 11.1 Å². The van der Waals surface area contributed by atoms with E-state index in [4.69, 9.17) is 5.73 Å². The number of hydrogen-bond acceptors (Lipinski definition) is 3. The second kappa shape index (κ2) is 4.24. The van der Waals surface area contributed by atoms with Crippen molar-refractivity contribution in [2.45, 2.75) is 20.4 Å². The Labute approximate surface area is 84.3 Å². The fraction of sp³-hybridized carbons (Fsp3) is 0.364. The third-order valence-electron chi connectivity index (χ3n) is 2.16. The molecule has 0 spiro atoms. The van der Waals surface area contributed by atoms with Gasteiger partial charge in [-0.25, -0.2) is 0 Å². The summed E-state index contributed by atoms with van der Waals surface area (Å²) in [6.07, 6.45) is 0. The number of ketones is 1. The summed E-state index contributed by atoms with van der Waals surface area (Å²) in [4.78, 5) is 11.4. The monoisotopic (exact) mass is 192 g/mol. The largest absolute Gasteiger partial charge is 0.399 e. The summed E-state index contributed by atoms with van der Waals surface area (Å²) >= 11 is 0. The van der Waals surface area contributed by atoms with Crippen LogP contribution in [0, 0.1) is 6.92 Å². The van der Waals surface area contributed by atoms with E-state index in [1.165, 1.54) is 0 Å². The second-order valence-electron chi connectivity index (χ2n) is 3.46. The van der Waals surface area contributed by atoms with E-state index in [1.807, 2.05) is 26.1 Å². The number of hydrogen-bond donors (Lipinski definition) is 2. The number of benzene rings is 1. The van der Waals surface area contributed by atoms with Gasteiger partial charge in [0.25, 0.3) is 0 Å². The quantitative estimate of drug-likeness (QED) is 0.563. The van der Waals surface area contributed by atoms with Crippen LogP contribution >= 0.6 is 0 Å². The van der Waals surface area contributed by atoms with Crippen molar-refractivity contribution in [2.24, 2.45) is 0 Å². The minimum absolute atomic E-state index is 0.0905. The Morgan fingerprint density at radius 2 is 2.14 bits per heavy atom. The van der Waals surface area contributed by atoms with Crippen LogP contribution in [-0.4, -0.2) is 12.8 Å². The number of nitrogens with one attached hydrogen (secondary N) is 1. The number of rotatable bonds is 3. The molecular weight excluding hydrogens is 176 g/mol. The number of nitrogen functional groups attached to an aromatic ring is 1. The molecule has 0 aliphatic rings. The van der Waals surface area contributed by atoms with Gasteiger partial charge >= 0.3 is 0 Å². The molecule has 0 bridgehead atoms. The van der Waals surface area contributed by atoms with Gasteiger partial charge in [-0.3, -0.25) is 4.79 Å². The summed E-state index contributed by atoms with van der Waals surface area (Å²) in [6.45, 7) is 4.16. The molecule has 0 saturated heterocycles. The van der Waals surface area contributed by atoms with Gasteiger partial charge < -0.3 is 11.1 Å². The van der Waals surface area contributed by atoms with Crippen LogP contribution in [0.25, 0.3) is 0 Å². The summed E-state index contributed by atoms with van der Waals surface area (Å²) in [7, 11) is 1.85. The summed E-state index contributed by atoms with van der Waals surface area (Å²) in [6, 6.07) is 3.68. The first-order valence-electron chi connectivity index (χ1n) is 4.60. The van der Waals surface area contributed by atoms with E-state index in [0.717, 1.165) is 16.7 Å². The Kier molecular flexibility index (Phi) is 3.25. The number of carbonyl (C=O) groups is 1. The maximum absolute atomic E-state index is 11.4. The number of nitrogens with two attached hydrogens (primary N) is 1. The van der Waals surface area contributed by atoms with Gasteiger partial charge in [0.05, 0.1) is 0 Å². The lowest BCUT2D eigenvalue weighted by atomic mass is 9.98. The van der Waals surface area contributed by atoms with Crippen LogP contribution in [0.3, 0.4) is 0 Å². The van der Waals surface area contributed by atoms with Crippen LogP contribution in [0.15, 0.2) is 12.1 Å². The number of anilines is 1. The lowest BCUT2D eigenvalue weighted by Crippen LogP contribution is -2.11.